The summed E-state index contributed by atoms with van der Waals surface area (Å²) in [5.41, 5.74) is 4.18. The number of terminal acetylenes is 1. The molecule has 0 radical (unpaired) electrons. The molecular weight excluding hydrogens is 230 g/mol. The number of ether oxygens (including phenoxy) is 1. The molecule has 0 saturated heterocycles. The monoisotopic (exact) mass is 261 g/mol. The molecule has 0 aliphatic heterocycles. The molecule has 0 unspecified atom stereocenters. The van der Waals surface area contributed by atoms with Crippen LogP contribution in [-0.4, -0.2) is 24.9 Å². The quantitative estimate of drug-likeness (QED) is 0.582. The van der Waals surface area contributed by atoms with Crippen molar-refractivity contribution in [1.29, 1.82) is 0 Å². The van der Waals surface area contributed by atoms with Gasteiger partial charge in [0.2, 0.25) is 0 Å². The van der Waals surface area contributed by atoms with E-state index in [2.05, 4.69) is 37.2 Å². The molecule has 4 nitrogen and oxygen atoms in total. The van der Waals surface area contributed by atoms with Crippen LogP contribution < -0.4 is 5.73 Å². The Morgan fingerprint density at radius 2 is 1.33 bits per heavy atom. The second-order valence-corrected chi connectivity index (χ2v) is 3.94. The lowest BCUT2D eigenvalue weighted by molar-refractivity contribution is -0.138. The first-order chi connectivity index (χ1) is 8.21. The highest BCUT2D eigenvalue weighted by molar-refractivity contribution is 5.72. The van der Waals surface area contributed by atoms with Gasteiger partial charge in [0, 0.05) is 0 Å². The largest absolute Gasteiger partial charge is 0.462 e. The average molecular weight is 261 g/mol. The second-order valence-electron chi connectivity index (χ2n) is 3.94. The summed E-state index contributed by atoms with van der Waals surface area (Å²) >= 11 is 0. The summed E-state index contributed by atoms with van der Waals surface area (Å²) in [7, 11) is 1.50. The Labute approximate surface area is 113 Å². The standard InChI is InChI=1S/C5H10O2.C3H6O.C3H8.C2H2.CH5N/c1-5(2,3)7-4-6;1-3(2)4;1-3-2;2*1-2/h4H,1-3H3;1-2H3;3H2,1-2H3;1-2H;2H2,1H3. The van der Waals surface area contributed by atoms with Crippen molar-refractivity contribution in [1.82, 2.24) is 0 Å². The first-order valence-electron chi connectivity index (χ1n) is 5.70. The maximum absolute atomic E-state index is 9.60. The minimum absolute atomic E-state index is 0.167. The van der Waals surface area contributed by atoms with Crippen LogP contribution in [0.1, 0.15) is 54.9 Å². The summed E-state index contributed by atoms with van der Waals surface area (Å²) in [6, 6.07) is 0. The first kappa shape index (κ1) is 30.1. The SMILES string of the molecule is C#C.CC(C)(C)OC=O.CC(C)=O.CCC.CN. The van der Waals surface area contributed by atoms with E-state index in [9.17, 15) is 9.59 Å². The van der Waals surface area contributed by atoms with Crippen molar-refractivity contribution < 1.29 is 14.3 Å². The van der Waals surface area contributed by atoms with Crippen molar-refractivity contribution >= 4 is 12.3 Å². The molecule has 0 rings (SSSR count). The Hall–Kier alpha value is -1.34. The van der Waals surface area contributed by atoms with Gasteiger partial charge in [-0.05, 0) is 41.7 Å². The summed E-state index contributed by atoms with van der Waals surface area (Å²) in [5.74, 6) is 0.167. The minimum atomic E-state index is -0.318. The van der Waals surface area contributed by atoms with Crippen molar-refractivity contribution in [2.45, 2.75) is 60.5 Å². The molecule has 0 aromatic carbocycles. The van der Waals surface area contributed by atoms with Crippen LogP contribution in [0.2, 0.25) is 0 Å². The fourth-order valence-corrected chi connectivity index (χ4v) is 0.144. The third kappa shape index (κ3) is 387. The number of hydrogen-bond acceptors (Lipinski definition) is 4. The number of rotatable bonds is 1. The molecule has 18 heavy (non-hydrogen) atoms. The van der Waals surface area contributed by atoms with E-state index in [-0.39, 0.29) is 11.4 Å². The van der Waals surface area contributed by atoms with Gasteiger partial charge in [0.1, 0.15) is 11.4 Å². The van der Waals surface area contributed by atoms with Gasteiger partial charge in [-0.3, -0.25) is 4.79 Å². The minimum Gasteiger partial charge on any atom is -0.462 e. The lowest BCUT2D eigenvalue weighted by Crippen LogP contribution is -2.17. The fraction of sp³-hybridized carbons (Fsp3) is 0.714. The molecular formula is C14H31NO3. The van der Waals surface area contributed by atoms with Crippen molar-refractivity contribution in [3.05, 3.63) is 0 Å². The summed E-state index contributed by atoms with van der Waals surface area (Å²) in [6.45, 7) is 13.2. The highest BCUT2D eigenvalue weighted by Crippen LogP contribution is 2.02. The van der Waals surface area contributed by atoms with Crippen LogP contribution in [0.5, 0.6) is 0 Å². The predicted octanol–water partition coefficient (Wildman–Crippen LogP) is 2.79. The van der Waals surface area contributed by atoms with Crippen molar-refractivity contribution in [2.75, 3.05) is 7.05 Å². The van der Waals surface area contributed by atoms with Gasteiger partial charge in [0.25, 0.3) is 6.47 Å². The Kier molecular flexibility index (Phi) is 49.4. The number of Topliss-reactive ketones (excluding diaryl/α,β-unsaturated/α-hetero) is 1. The van der Waals surface area contributed by atoms with E-state index in [4.69, 9.17) is 0 Å². The predicted molar refractivity (Wildman–Crippen MR) is 79.2 cm³/mol. The van der Waals surface area contributed by atoms with Crippen LogP contribution in [0.4, 0.5) is 0 Å². The van der Waals surface area contributed by atoms with Crippen LogP contribution in [0, 0.1) is 12.8 Å². The van der Waals surface area contributed by atoms with Crippen molar-refractivity contribution in [2.24, 2.45) is 5.73 Å². The van der Waals surface area contributed by atoms with Gasteiger partial charge in [-0.15, -0.1) is 12.8 Å². The molecule has 0 heterocycles. The van der Waals surface area contributed by atoms with E-state index >= 15 is 0 Å². The number of ketones is 1. The topological polar surface area (TPSA) is 69.4 Å². The number of carbonyl (C=O) groups is 2. The first-order valence-corrected chi connectivity index (χ1v) is 5.70. The fourth-order valence-electron chi connectivity index (χ4n) is 0.144. The van der Waals surface area contributed by atoms with Gasteiger partial charge in [-0.2, -0.15) is 0 Å². The van der Waals surface area contributed by atoms with Gasteiger partial charge in [0.05, 0.1) is 0 Å². The molecule has 0 aliphatic rings. The molecule has 0 aromatic heterocycles. The molecule has 110 valence electrons. The Morgan fingerprint density at radius 3 is 1.33 bits per heavy atom. The summed E-state index contributed by atoms with van der Waals surface area (Å²) < 4.78 is 4.55. The molecule has 4 heteroatoms. The van der Waals surface area contributed by atoms with Crippen molar-refractivity contribution in [3.63, 3.8) is 0 Å². The molecule has 0 aliphatic carbocycles. The van der Waals surface area contributed by atoms with Crippen LogP contribution in [-0.2, 0) is 14.3 Å². The molecule has 0 aromatic rings. The average Bonchev–Trinajstić information content (AvgIpc) is 2.22. The maximum Gasteiger partial charge on any atom is 0.293 e. The third-order valence-corrected chi connectivity index (χ3v) is 0.402. The number of hydrogen-bond donors (Lipinski definition) is 1. The van der Waals surface area contributed by atoms with E-state index in [0.717, 1.165) is 0 Å². The molecule has 0 amide bonds. The summed E-state index contributed by atoms with van der Waals surface area (Å²) in [5, 5.41) is 0. The van der Waals surface area contributed by atoms with E-state index in [1.54, 1.807) is 0 Å². The van der Waals surface area contributed by atoms with Crippen LogP contribution >= 0.6 is 0 Å². The zero-order valence-corrected chi connectivity index (χ0v) is 13.2. The zero-order valence-electron chi connectivity index (χ0n) is 13.2. The Balaban J connectivity index is -0.0000000441. The molecule has 0 atom stereocenters. The van der Waals surface area contributed by atoms with Crippen LogP contribution in [0.15, 0.2) is 0 Å². The lowest BCUT2D eigenvalue weighted by atomic mass is 10.2. The van der Waals surface area contributed by atoms with Gasteiger partial charge >= 0.3 is 0 Å². The smallest absolute Gasteiger partial charge is 0.293 e. The Morgan fingerprint density at radius 1 is 1.17 bits per heavy atom. The van der Waals surface area contributed by atoms with Gasteiger partial charge in [-0.1, -0.05) is 20.3 Å². The van der Waals surface area contributed by atoms with E-state index in [1.165, 1.54) is 27.3 Å². The molecule has 0 saturated carbocycles. The number of carbonyl (C=O) groups excluding carboxylic acids is 2. The van der Waals surface area contributed by atoms with Crippen molar-refractivity contribution in [3.8, 4) is 12.8 Å². The molecule has 0 bridgehead atoms. The molecule has 0 spiro atoms. The van der Waals surface area contributed by atoms with Gasteiger partial charge in [0.15, 0.2) is 0 Å². The lowest BCUT2D eigenvalue weighted by Gasteiger charge is -2.14. The zero-order chi connectivity index (χ0) is 16.2. The molecule has 2 N–H and O–H groups in total. The van der Waals surface area contributed by atoms with Gasteiger partial charge < -0.3 is 15.3 Å². The Bertz CT molecular complexity index is 166. The summed E-state index contributed by atoms with van der Waals surface area (Å²) in [6.07, 6.45) is 9.25. The maximum atomic E-state index is 9.60. The van der Waals surface area contributed by atoms with E-state index < -0.39 is 0 Å². The number of nitrogens with two attached hydrogens (primary N) is 1. The summed E-state index contributed by atoms with van der Waals surface area (Å²) in [4.78, 5) is 19.0. The van der Waals surface area contributed by atoms with E-state index in [0.29, 0.717) is 6.47 Å². The second kappa shape index (κ2) is 29.6. The normalized spacial score (nSPS) is 7.06. The third-order valence-electron chi connectivity index (χ3n) is 0.402. The highest BCUT2D eigenvalue weighted by atomic mass is 16.5. The molecule has 0 fully saturated rings. The van der Waals surface area contributed by atoms with Crippen LogP contribution in [0.25, 0.3) is 0 Å². The van der Waals surface area contributed by atoms with Gasteiger partial charge in [-0.25, -0.2) is 0 Å². The van der Waals surface area contributed by atoms with E-state index in [1.807, 2.05) is 20.8 Å². The highest BCUT2D eigenvalue weighted by Gasteiger charge is 2.07. The van der Waals surface area contributed by atoms with Crippen LogP contribution in [0.3, 0.4) is 0 Å².